The maximum atomic E-state index is 13.4. The van der Waals surface area contributed by atoms with E-state index in [4.69, 9.17) is 16.3 Å². The maximum absolute atomic E-state index is 13.4. The van der Waals surface area contributed by atoms with Crippen LogP contribution in [-0.4, -0.2) is 5.88 Å². The van der Waals surface area contributed by atoms with Crippen molar-refractivity contribution in [1.29, 1.82) is 0 Å². The topological polar surface area (TPSA) is 9.23 Å². The van der Waals surface area contributed by atoms with Gasteiger partial charge in [-0.25, -0.2) is 4.39 Å². The van der Waals surface area contributed by atoms with Gasteiger partial charge in [0.2, 0.25) is 0 Å². The van der Waals surface area contributed by atoms with Gasteiger partial charge in [0, 0.05) is 11.1 Å². The second kappa shape index (κ2) is 6.82. The Hall–Kier alpha value is -1.98. The molecule has 0 spiro atoms. The van der Waals surface area contributed by atoms with Crippen molar-refractivity contribution in [3.8, 4) is 17.6 Å². The molecule has 1 nitrogen and oxygen atoms in total. The van der Waals surface area contributed by atoms with Gasteiger partial charge in [0.25, 0.3) is 0 Å². The third kappa shape index (κ3) is 4.01. The minimum absolute atomic E-state index is 0.208. The van der Waals surface area contributed by atoms with Gasteiger partial charge in [0.05, 0.1) is 5.88 Å². The van der Waals surface area contributed by atoms with E-state index in [2.05, 4.69) is 11.8 Å². The number of halogens is 2. The van der Waals surface area contributed by atoms with E-state index in [1.807, 2.05) is 12.1 Å². The van der Waals surface area contributed by atoms with Crippen LogP contribution < -0.4 is 4.74 Å². The van der Waals surface area contributed by atoms with Crippen molar-refractivity contribution in [3.05, 3.63) is 65.5 Å². The molecular weight excluding hydrogens is 263 g/mol. The highest BCUT2D eigenvalue weighted by Crippen LogP contribution is 2.15. The van der Waals surface area contributed by atoms with Gasteiger partial charge in [-0.3, -0.25) is 0 Å². The molecule has 0 bridgehead atoms. The molecule has 0 atom stereocenters. The fourth-order valence-corrected chi connectivity index (χ4v) is 1.61. The van der Waals surface area contributed by atoms with Gasteiger partial charge < -0.3 is 4.74 Å². The van der Waals surface area contributed by atoms with Gasteiger partial charge in [0.1, 0.15) is 18.2 Å². The monoisotopic (exact) mass is 274 g/mol. The molecule has 0 unspecified atom stereocenters. The third-order valence-corrected chi connectivity index (χ3v) is 2.64. The first-order valence-corrected chi connectivity index (χ1v) is 6.34. The first kappa shape index (κ1) is 13.5. The SMILES string of the molecule is Fc1ccccc1COc1ccc(C#CCCl)cc1. The van der Waals surface area contributed by atoms with Gasteiger partial charge >= 0.3 is 0 Å². The van der Waals surface area contributed by atoms with Crippen molar-refractivity contribution in [2.75, 3.05) is 5.88 Å². The molecule has 0 aliphatic rings. The fraction of sp³-hybridized carbons (Fsp3) is 0.125. The van der Waals surface area contributed by atoms with E-state index in [0.717, 1.165) is 5.56 Å². The van der Waals surface area contributed by atoms with Crippen molar-refractivity contribution >= 4 is 11.6 Å². The van der Waals surface area contributed by atoms with Gasteiger partial charge in [-0.2, -0.15) is 0 Å². The van der Waals surface area contributed by atoms with E-state index in [0.29, 0.717) is 17.2 Å². The Balaban J connectivity index is 1.99. The number of benzene rings is 2. The molecule has 0 saturated heterocycles. The Morgan fingerprint density at radius 1 is 1.05 bits per heavy atom. The zero-order chi connectivity index (χ0) is 13.5. The van der Waals surface area contributed by atoms with Crippen LogP contribution in [0.2, 0.25) is 0 Å². The first-order chi connectivity index (χ1) is 9.29. The maximum Gasteiger partial charge on any atom is 0.129 e. The second-order valence-electron chi connectivity index (χ2n) is 3.84. The van der Waals surface area contributed by atoms with E-state index in [9.17, 15) is 4.39 Å². The lowest BCUT2D eigenvalue weighted by molar-refractivity contribution is 0.300. The minimum Gasteiger partial charge on any atom is -0.489 e. The predicted molar refractivity (Wildman–Crippen MR) is 74.8 cm³/mol. The van der Waals surface area contributed by atoms with Crippen LogP contribution in [0.5, 0.6) is 5.75 Å². The summed E-state index contributed by atoms with van der Waals surface area (Å²) in [5.74, 6) is 6.42. The fourth-order valence-electron chi connectivity index (χ4n) is 1.55. The standard InChI is InChI=1S/C16H12ClFO/c17-11-3-4-13-7-9-15(10-8-13)19-12-14-5-1-2-6-16(14)18/h1-2,5-10H,11-12H2. The van der Waals surface area contributed by atoms with Crippen molar-refractivity contribution in [2.24, 2.45) is 0 Å². The molecule has 0 fully saturated rings. The molecular formula is C16H12ClFO. The zero-order valence-electron chi connectivity index (χ0n) is 10.2. The van der Waals surface area contributed by atoms with Crippen molar-refractivity contribution in [3.63, 3.8) is 0 Å². The lowest BCUT2D eigenvalue weighted by atomic mass is 10.2. The minimum atomic E-state index is -0.257. The average Bonchev–Trinajstić information content (AvgIpc) is 2.45. The van der Waals surface area contributed by atoms with Gasteiger partial charge in [-0.15, -0.1) is 11.6 Å². The Bertz CT molecular complexity index is 596. The van der Waals surface area contributed by atoms with E-state index in [-0.39, 0.29) is 12.4 Å². The van der Waals surface area contributed by atoms with E-state index in [1.165, 1.54) is 6.07 Å². The number of rotatable bonds is 3. The van der Waals surface area contributed by atoms with Crippen LogP contribution in [0.15, 0.2) is 48.5 Å². The summed E-state index contributed by atoms with van der Waals surface area (Å²) in [5, 5.41) is 0. The molecule has 0 heterocycles. The van der Waals surface area contributed by atoms with Crippen LogP contribution in [0.3, 0.4) is 0 Å². The Morgan fingerprint density at radius 2 is 1.79 bits per heavy atom. The second-order valence-corrected chi connectivity index (χ2v) is 4.11. The van der Waals surface area contributed by atoms with Crippen LogP contribution in [0.1, 0.15) is 11.1 Å². The molecule has 0 aromatic heterocycles. The molecule has 0 N–H and O–H groups in total. The molecule has 19 heavy (non-hydrogen) atoms. The quantitative estimate of drug-likeness (QED) is 0.607. The molecule has 0 amide bonds. The summed E-state index contributed by atoms with van der Waals surface area (Å²) < 4.78 is 18.9. The smallest absolute Gasteiger partial charge is 0.129 e. The van der Waals surface area contributed by atoms with Crippen LogP contribution in [0.25, 0.3) is 0 Å². The van der Waals surface area contributed by atoms with Crippen LogP contribution >= 0.6 is 11.6 Å². The molecule has 2 aromatic carbocycles. The molecule has 0 radical (unpaired) electrons. The molecule has 2 rings (SSSR count). The Morgan fingerprint density at radius 3 is 2.47 bits per heavy atom. The molecule has 0 aliphatic heterocycles. The highest BCUT2D eigenvalue weighted by atomic mass is 35.5. The summed E-state index contributed by atoms with van der Waals surface area (Å²) in [6, 6.07) is 13.9. The third-order valence-electron chi connectivity index (χ3n) is 2.51. The highest BCUT2D eigenvalue weighted by molar-refractivity contribution is 6.19. The highest BCUT2D eigenvalue weighted by Gasteiger charge is 2.01. The summed E-state index contributed by atoms with van der Waals surface area (Å²) >= 11 is 5.48. The van der Waals surface area contributed by atoms with Crippen LogP contribution in [-0.2, 0) is 6.61 Å². The molecule has 2 aromatic rings. The first-order valence-electron chi connectivity index (χ1n) is 5.80. The zero-order valence-corrected chi connectivity index (χ0v) is 11.0. The largest absolute Gasteiger partial charge is 0.489 e. The molecule has 96 valence electrons. The molecule has 0 aliphatic carbocycles. The van der Waals surface area contributed by atoms with E-state index in [1.54, 1.807) is 30.3 Å². The van der Waals surface area contributed by atoms with E-state index < -0.39 is 0 Å². The normalized spacial score (nSPS) is 9.58. The summed E-state index contributed by atoms with van der Waals surface area (Å²) in [4.78, 5) is 0. The van der Waals surface area contributed by atoms with Crippen molar-refractivity contribution < 1.29 is 9.13 Å². The molecule has 3 heteroatoms. The molecule has 0 saturated carbocycles. The summed E-state index contributed by atoms with van der Waals surface area (Å²) in [6.07, 6.45) is 0. The Labute approximate surface area is 117 Å². The lowest BCUT2D eigenvalue weighted by Gasteiger charge is -2.06. The predicted octanol–water partition coefficient (Wildman–Crippen LogP) is 4.00. The summed E-state index contributed by atoms with van der Waals surface area (Å²) in [7, 11) is 0. The van der Waals surface area contributed by atoms with Gasteiger partial charge in [-0.1, -0.05) is 30.0 Å². The number of alkyl halides is 1. The van der Waals surface area contributed by atoms with E-state index >= 15 is 0 Å². The summed E-state index contributed by atoms with van der Waals surface area (Å²) in [6.45, 7) is 0.208. The van der Waals surface area contributed by atoms with Crippen LogP contribution in [0, 0.1) is 17.7 Å². The number of hydrogen-bond donors (Lipinski definition) is 0. The van der Waals surface area contributed by atoms with Crippen molar-refractivity contribution in [2.45, 2.75) is 6.61 Å². The van der Waals surface area contributed by atoms with Crippen LogP contribution in [0.4, 0.5) is 4.39 Å². The lowest BCUT2D eigenvalue weighted by Crippen LogP contribution is -1.98. The average molecular weight is 275 g/mol. The summed E-state index contributed by atoms with van der Waals surface area (Å²) in [5.41, 5.74) is 1.41. The number of ether oxygens (including phenoxy) is 1. The van der Waals surface area contributed by atoms with Gasteiger partial charge in [0.15, 0.2) is 0 Å². The van der Waals surface area contributed by atoms with Crippen molar-refractivity contribution in [1.82, 2.24) is 0 Å². The number of hydrogen-bond acceptors (Lipinski definition) is 1. The van der Waals surface area contributed by atoms with Gasteiger partial charge in [-0.05, 0) is 30.3 Å². The Kier molecular flexibility index (Phi) is 4.83.